The zero-order valence-electron chi connectivity index (χ0n) is 11.0. The van der Waals surface area contributed by atoms with Crippen LogP contribution in [0.1, 0.15) is 24.3 Å². The maximum Gasteiger partial charge on any atom is 0.0931 e. The number of aryl methyl sites for hydroxylation is 1. The average molecular weight is 242 g/mol. The topological polar surface area (TPSA) is 36.4 Å². The molecule has 0 amide bonds. The Labute approximate surface area is 108 Å². The molecule has 1 aromatic carbocycles. The molecule has 3 heteroatoms. The number of aromatic nitrogens is 1. The van der Waals surface area contributed by atoms with Gasteiger partial charge in [-0.1, -0.05) is 18.2 Å². The summed E-state index contributed by atoms with van der Waals surface area (Å²) >= 11 is 0. The van der Waals surface area contributed by atoms with Crippen LogP contribution in [-0.4, -0.2) is 17.1 Å². The van der Waals surface area contributed by atoms with Crippen molar-refractivity contribution in [2.75, 3.05) is 11.9 Å². The van der Waals surface area contributed by atoms with E-state index in [9.17, 15) is 5.11 Å². The smallest absolute Gasteiger partial charge is 0.0931 e. The Morgan fingerprint density at radius 1 is 1.17 bits per heavy atom. The molecular weight excluding hydrogens is 224 g/mol. The summed E-state index contributed by atoms with van der Waals surface area (Å²) in [6.07, 6.45) is 1.26. The van der Waals surface area contributed by atoms with Crippen LogP contribution in [0.15, 0.2) is 42.6 Å². The van der Waals surface area contributed by atoms with E-state index >= 15 is 0 Å². The van der Waals surface area contributed by atoms with Crippen molar-refractivity contribution >= 4 is 11.4 Å². The van der Waals surface area contributed by atoms with Crippen molar-refractivity contribution < 1.29 is 5.11 Å². The van der Waals surface area contributed by atoms with Crippen LogP contribution >= 0.6 is 0 Å². The van der Waals surface area contributed by atoms with Crippen molar-refractivity contribution in [2.24, 2.45) is 0 Å². The van der Waals surface area contributed by atoms with Crippen LogP contribution in [0, 0.1) is 6.92 Å². The van der Waals surface area contributed by atoms with Crippen LogP contribution < -0.4 is 4.90 Å². The van der Waals surface area contributed by atoms with Gasteiger partial charge >= 0.3 is 0 Å². The summed E-state index contributed by atoms with van der Waals surface area (Å²) in [4.78, 5) is 6.35. The van der Waals surface area contributed by atoms with E-state index in [4.69, 9.17) is 0 Å². The highest BCUT2D eigenvalue weighted by atomic mass is 16.3. The van der Waals surface area contributed by atoms with E-state index in [1.54, 1.807) is 13.1 Å². The van der Waals surface area contributed by atoms with Crippen LogP contribution in [0.4, 0.5) is 11.4 Å². The predicted octanol–water partition coefficient (Wildman–Crippen LogP) is 3.21. The maximum absolute atomic E-state index is 9.44. The second kappa shape index (κ2) is 5.19. The van der Waals surface area contributed by atoms with Gasteiger partial charge < -0.3 is 10.0 Å². The third-order valence-electron chi connectivity index (χ3n) is 3.06. The van der Waals surface area contributed by atoms with Crippen LogP contribution in [0.25, 0.3) is 0 Å². The SMILES string of the molecule is Cc1ccccc1N(C)c1ccc([C@@H](C)O)nc1. The largest absolute Gasteiger partial charge is 0.387 e. The Morgan fingerprint density at radius 2 is 1.89 bits per heavy atom. The Bertz CT molecular complexity index is 520. The van der Waals surface area contributed by atoms with Crippen molar-refractivity contribution in [1.29, 1.82) is 0 Å². The number of nitrogens with zero attached hydrogens (tertiary/aromatic N) is 2. The molecule has 0 saturated heterocycles. The number of hydrogen-bond acceptors (Lipinski definition) is 3. The van der Waals surface area contributed by atoms with Crippen LogP contribution in [0.2, 0.25) is 0 Å². The normalized spacial score (nSPS) is 12.2. The molecule has 0 aliphatic carbocycles. The molecular formula is C15H18N2O. The molecule has 0 saturated carbocycles. The predicted molar refractivity (Wildman–Crippen MR) is 74.1 cm³/mol. The second-order valence-electron chi connectivity index (χ2n) is 4.46. The zero-order chi connectivity index (χ0) is 13.1. The highest BCUT2D eigenvalue weighted by Crippen LogP contribution is 2.26. The fraction of sp³-hybridized carbons (Fsp3) is 0.267. The molecule has 0 unspecified atom stereocenters. The first kappa shape index (κ1) is 12.6. The second-order valence-corrected chi connectivity index (χ2v) is 4.46. The summed E-state index contributed by atoms with van der Waals surface area (Å²) in [5.41, 5.74) is 4.08. The minimum absolute atomic E-state index is 0.525. The number of aliphatic hydroxyl groups is 1. The summed E-state index contributed by atoms with van der Waals surface area (Å²) in [5.74, 6) is 0. The lowest BCUT2D eigenvalue weighted by Gasteiger charge is -2.21. The van der Waals surface area contributed by atoms with E-state index in [1.807, 2.05) is 31.3 Å². The summed E-state index contributed by atoms with van der Waals surface area (Å²) in [6, 6.07) is 12.1. The van der Waals surface area contributed by atoms with Gasteiger partial charge in [0.2, 0.25) is 0 Å². The summed E-state index contributed by atoms with van der Waals surface area (Å²) in [6.45, 7) is 3.80. The highest BCUT2D eigenvalue weighted by molar-refractivity contribution is 5.64. The number of para-hydroxylation sites is 1. The van der Waals surface area contributed by atoms with Crippen molar-refractivity contribution in [3.05, 3.63) is 53.9 Å². The quantitative estimate of drug-likeness (QED) is 0.897. The number of benzene rings is 1. The standard InChI is InChI=1S/C15H18N2O/c1-11-6-4-5-7-15(11)17(3)13-8-9-14(12(2)18)16-10-13/h4-10,12,18H,1-3H3/t12-/m1/s1. The van der Waals surface area contributed by atoms with E-state index in [0.29, 0.717) is 5.69 Å². The van der Waals surface area contributed by atoms with Crippen molar-refractivity contribution in [3.63, 3.8) is 0 Å². The lowest BCUT2D eigenvalue weighted by molar-refractivity contribution is 0.194. The van der Waals surface area contributed by atoms with E-state index in [-0.39, 0.29) is 0 Å². The average Bonchev–Trinajstić information content (AvgIpc) is 2.38. The first-order valence-electron chi connectivity index (χ1n) is 6.03. The molecule has 1 atom stereocenters. The number of aliphatic hydroxyl groups excluding tert-OH is 1. The van der Waals surface area contributed by atoms with Gasteiger partial charge in [0.05, 0.1) is 23.7 Å². The van der Waals surface area contributed by atoms with Gasteiger partial charge in [-0.2, -0.15) is 0 Å². The van der Waals surface area contributed by atoms with Gasteiger partial charge in [0.15, 0.2) is 0 Å². The summed E-state index contributed by atoms with van der Waals surface area (Å²) in [7, 11) is 2.02. The van der Waals surface area contributed by atoms with Gasteiger partial charge in [-0.15, -0.1) is 0 Å². The third kappa shape index (κ3) is 2.51. The molecule has 18 heavy (non-hydrogen) atoms. The number of anilines is 2. The van der Waals surface area contributed by atoms with Crippen molar-refractivity contribution in [3.8, 4) is 0 Å². The summed E-state index contributed by atoms with van der Waals surface area (Å²) in [5, 5.41) is 9.44. The third-order valence-corrected chi connectivity index (χ3v) is 3.06. The van der Waals surface area contributed by atoms with Crippen LogP contribution in [-0.2, 0) is 0 Å². The van der Waals surface area contributed by atoms with Gasteiger partial charge in [-0.25, -0.2) is 0 Å². The van der Waals surface area contributed by atoms with Crippen LogP contribution in [0.5, 0.6) is 0 Å². The monoisotopic (exact) mass is 242 g/mol. The molecule has 1 N–H and O–H groups in total. The minimum Gasteiger partial charge on any atom is -0.387 e. The first-order chi connectivity index (χ1) is 8.59. The molecule has 0 aliphatic rings. The van der Waals surface area contributed by atoms with E-state index in [2.05, 4.69) is 28.9 Å². The van der Waals surface area contributed by atoms with Crippen molar-refractivity contribution in [1.82, 2.24) is 4.98 Å². The molecule has 0 radical (unpaired) electrons. The van der Waals surface area contributed by atoms with E-state index in [0.717, 1.165) is 11.4 Å². The van der Waals surface area contributed by atoms with Gasteiger partial charge in [0.25, 0.3) is 0 Å². The minimum atomic E-state index is -0.525. The highest BCUT2D eigenvalue weighted by Gasteiger charge is 2.08. The lowest BCUT2D eigenvalue weighted by atomic mass is 10.1. The molecule has 0 bridgehead atoms. The molecule has 94 valence electrons. The van der Waals surface area contributed by atoms with Crippen LogP contribution in [0.3, 0.4) is 0 Å². The van der Waals surface area contributed by atoms with E-state index in [1.165, 1.54) is 5.56 Å². The Morgan fingerprint density at radius 3 is 2.44 bits per heavy atom. The maximum atomic E-state index is 9.44. The zero-order valence-corrected chi connectivity index (χ0v) is 11.0. The fourth-order valence-corrected chi connectivity index (χ4v) is 1.92. The van der Waals surface area contributed by atoms with Crippen molar-refractivity contribution in [2.45, 2.75) is 20.0 Å². The molecule has 1 aromatic heterocycles. The molecule has 0 spiro atoms. The molecule has 3 nitrogen and oxygen atoms in total. The molecule has 2 aromatic rings. The Balaban J connectivity index is 2.29. The number of hydrogen-bond donors (Lipinski definition) is 1. The summed E-state index contributed by atoms with van der Waals surface area (Å²) < 4.78 is 0. The Kier molecular flexibility index (Phi) is 3.63. The van der Waals surface area contributed by atoms with E-state index < -0.39 is 6.10 Å². The Hall–Kier alpha value is -1.87. The lowest BCUT2D eigenvalue weighted by Crippen LogP contribution is -2.11. The van der Waals surface area contributed by atoms with Gasteiger partial charge in [0, 0.05) is 12.7 Å². The van der Waals surface area contributed by atoms with Gasteiger partial charge in [-0.3, -0.25) is 4.98 Å². The fourth-order valence-electron chi connectivity index (χ4n) is 1.92. The molecule has 0 aliphatic heterocycles. The van der Waals surface area contributed by atoms with Gasteiger partial charge in [0.1, 0.15) is 0 Å². The molecule has 1 heterocycles. The molecule has 2 rings (SSSR count). The first-order valence-corrected chi connectivity index (χ1v) is 6.03. The van der Waals surface area contributed by atoms with Gasteiger partial charge in [-0.05, 0) is 37.6 Å². The molecule has 0 fully saturated rings. The number of rotatable bonds is 3. The number of pyridine rings is 1.